The third kappa shape index (κ3) is 4.08. The Hall–Kier alpha value is -4.05. The minimum Gasteiger partial charge on any atom is -0.496 e. The molecule has 2 heterocycles. The maximum atomic E-state index is 14.3. The van der Waals surface area contributed by atoms with E-state index in [-0.39, 0.29) is 45.7 Å². The van der Waals surface area contributed by atoms with Gasteiger partial charge in [0.1, 0.15) is 18.2 Å². The van der Waals surface area contributed by atoms with Crippen LogP contribution < -0.4 is 19.9 Å². The lowest BCUT2D eigenvalue weighted by Crippen LogP contribution is -2.16. The zero-order valence-electron chi connectivity index (χ0n) is 17.4. The van der Waals surface area contributed by atoms with Crippen molar-refractivity contribution < 1.29 is 28.5 Å². The van der Waals surface area contributed by atoms with Crippen LogP contribution in [0.25, 0.3) is 16.9 Å². The van der Waals surface area contributed by atoms with Crippen molar-refractivity contribution in [3.05, 3.63) is 75.0 Å². The number of carbonyl (C=O) groups is 1. The Balaban J connectivity index is 1.82. The van der Waals surface area contributed by atoms with Crippen LogP contribution in [0.5, 0.6) is 17.2 Å². The molecule has 170 valence electrons. The lowest BCUT2D eigenvalue weighted by molar-refractivity contribution is 0.0691. The minimum absolute atomic E-state index is 0.0636. The zero-order chi connectivity index (χ0) is 23.7. The SMILES string of the molecule is COc1cc(Cl)c(-n2c(=O)[nH]c3ccc(C(=O)O)nc32)cc1OCc1c(F)cccc1OC. The molecule has 2 aromatic heterocycles. The topological polar surface area (TPSA) is 116 Å². The van der Waals surface area contributed by atoms with Gasteiger partial charge in [-0.2, -0.15) is 0 Å². The fourth-order valence-corrected chi connectivity index (χ4v) is 3.55. The highest BCUT2D eigenvalue weighted by Gasteiger charge is 2.19. The summed E-state index contributed by atoms with van der Waals surface area (Å²) in [6.07, 6.45) is 0. The van der Waals surface area contributed by atoms with Crippen molar-refractivity contribution in [2.24, 2.45) is 0 Å². The van der Waals surface area contributed by atoms with Crippen LogP contribution in [-0.4, -0.2) is 39.8 Å². The molecule has 0 aliphatic rings. The number of benzene rings is 2. The molecule has 0 spiro atoms. The van der Waals surface area contributed by atoms with Crippen LogP contribution in [0.4, 0.5) is 4.39 Å². The Morgan fingerprint density at radius 2 is 1.91 bits per heavy atom. The van der Waals surface area contributed by atoms with Gasteiger partial charge in [-0.05, 0) is 24.3 Å². The van der Waals surface area contributed by atoms with Crippen LogP contribution in [0.2, 0.25) is 5.02 Å². The highest BCUT2D eigenvalue weighted by Crippen LogP contribution is 2.36. The van der Waals surface area contributed by atoms with Gasteiger partial charge in [-0.15, -0.1) is 0 Å². The van der Waals surface area contributed by atoms with Gasteiger partial charge in [0.05, 0.1) is 36.0 Å². The maximum absolute atomic E-state index is 14.3. The Morgan fingerprint density at radius 3 is 2.61 bits per heavy atom. The highest BCUT2D eigenvalue weighted by atomic mass is 35.5. The normalized spacial score (nSPS) is 10.9. The van der Waals surface area contributed by atoms with Crippen molar-refractivity contribution in [3.8, 4) is 22.9 Å². The van der Waals surface area contributed by atoms with E-state index >= 15 is 0 Å². The summed E-state index contributed by atoms with van der Waals surface area (Å²) in [5.41, 5.74) is -0.101. The summed E-state index contributed by atoms with van der Waals surface area (Å²) in [5, 5.41) is 9.38. The summed E-state index contributed by atoms with van der Waals surface area (Å²) in [5.74, 6) is -1.05. The molecule has 0 unspecified atom stereocenters. The van der Waals surface area contributed by atoms with Crippen LogP contribution in [0.1, 0.15) is 16.1 Å². The third-order valence-electron chi connectivity index (χ3n) is 4.89. The second kappa shape index (κ2) is 8.83. The van der Waals surface area contributed by atoms with Gasteiger partial charge in [0.25, 0.3) is 0 Å². The maximum Gasteiger partial charge on any atom is 0.354 e. The monoisotopic (exact) mass is 473 g/mol. The Bertz CT molecular complexity index is 1430. The van der Waals surface area contributed by atoms with Gasteiger partial charge in [-0.3, -0.25) is 0 Å². The number of fused-ring (bicyclic) bond motifs is 1. The number of aromatic amines is 1. The molecule has 11 heteroatoms. The second-order valence-electron chi connectivity index (χ2n) is 6.80. The van der Waals surface area contributed by atoms with Crippen molar-refractivity contribution in [2.75, 3.05) is 14.2 Å². The fourth-order valence-electron chi connectivity index (χ4n) is 3.31. The molecule has 0 saturated carbocycles. The molecule has 4 rings (SSSR count). The fraction of sp³-hybridized carbons (Fsp3) is 0.136. The van der Waals surface area contributed by atoms with Gasteiger partial charge < -0.3 is 24.3 Å². The number of imidazole rings is 1. The molecule has 0 atom stereocenters. The third-order valence-corrected chi connectivity index (χ3v) is 5.20. The van der Waals surface area contributed by atoms with E-state index in [1.54, 1.807) is 6.07 Å². The number of carboxylic acid groups (broad SMARTS) is 1. The summed E-state index contributed by atoms with van der Waals surface area (Å²) < 4.78 is 31.7. The molecule has 4 aromatic rings. The van der Waals surface area contributed by atoms with Gasteiger partial charge in [0.2, 0.25) is 0 Å². The molecular weight excluding hydrogens is 457 g/mol. The quantitative estimate of drug-likeness (QED) is 0.419. The van der Waals surface area contributed by atoms with E-state index in [1.807, 2.05) is 0 Å². The molecule has 0 radical (unpaired) electrons. The number of pyridine rings is 1. The Labute approximate surface area is 190 Å². The molecule has 0 aliphatic heterocycles. The van der Waals surface area contributed by atoms with Crippen molar-refractivity contribution in [2.45, 2.75) is 6.61 Å². The van der Waals surface area contributed by atoms with Crippen LogP contribution in [0, 0.1) is 5.82 Å². The number of methoxy groups -OCH3 is 2. The summed E-state index contributed by atoms with van der Waals surface area (Å²) in [6.45, 7) is -0.197. The standard InChI is InChI=1S/C22H17ClFN3O6/c1-31-17-5-3-4-13(24)11(17)10-33-19-9-16(12(23)8-18(19)32-2)27-20-14(26-22(27)30)6-7-15(25-20)21(28)29/h3-9H,10H2,1-2H3,(H,26,30)(H,28,29). The number of nitrogens with zero attached hydrogens (tertiary/aromatic N) is 2. The molecule has 0 amide bonds. The number of ether oxygens (including phenoxy) is 3. The number of hydrogen-bond acceptors (Lipinski definition) is 6. The average molecular weight is 474 g/mol. The van der Waals surface area contributed by atoms with E-state index in [2.05, 4.69) is 9.97 Å². The number of aromatic carboxylic acids is 1. The summed E-state index contributed by atoms with van der Waals surface area (Å²) in [6, 6.07) is 9.96. The van der Waals surface area contributed by atoms with E-state index in [0.29, 0.717) is 11.3 Å². The van der Waals surface area contributed by atoms with Gasteiger partial charge in [-0.25, -0.2) is 23.5 Å². The van der Waals surface area contributed by atoms with Crippen LogP contribution in [0.3, 0.4) is 0 Å². The molecule has 2 aromatic carbocycles. The van der Waals surface area contributed by atoms with Crippen LogP contribution in [-0.2, 0) is 6.61 Å². The van der Waals surface area contributed by atoms with Crippen molar-refractivity contribution in [1.82, 2.24) is 14.5 Å². The Morgan fingerprint density at radius 1 is 1.15 bits per heavy atom. The van der Waals surface area contributed by atoms with E-state index < -0.39 is 17.5 Å². The second-order valence-corrected chi connectivity index (χ2v) is 7.21. The molecule has 9 nitrogen and oxygen atoms in total. The number of H-pyrrole nitrogens is 1. The first kappa shape index (κ1) is 22.2. The smallest absolute Gasteiger partial charge is 0.354 e. The highest BCUT2D eigenvalue weighted by molar-refractivity contribution is 6.32. The van der Waals surface area contributed by atoms with E-state index in [4.69, 9.17) is 25.8 Å². The number of halogens is 2. The van der Waals surface area contributed by atoms with E-state index in [9.17, 15) is 19.1 Å². The predicted octanol–water partition coefficient (Wildman–Crippen LogP) is 3.80. The number of rotatable bonds is 7. The van der Waals surface area contributed by atoms with Gasteiger partial charge in [-0.1, -0.05) is 17.7 Å². The van der Waals surface area contributed by atoms with Crippen molar-refractivity contribution in [1.29, 1.82) is 0 Å². The summed E-state index contributed by atoms with van der Waals surface area (Å²) in [7, 11) is 2.82. The van der Waals surface area contributed by atoms with Gasteiger partial charge in [0, 0.05) is 12.1 Å². The van der Waals surface area contributed by atoms with Crippen molar-refractivity contribution >= 4 is 28.7 Å². The minimum atomic E-state index is -1.25. The van der Waals surface area contributed by atoms with Gasteiger partial charge in [0.15, 0.2) is 22.8 Å². The van der Waals surface area contributed by atoms with Crippen molar-refractivity contribution in [3.63, 3.8) is 0 Å². The van der Waals surface area contributed by atoms with Gasteiger partial charge >= 0.3 is 11.7 Å². The summed E-state index contributed by atoms with van der Waals surface area (Å²) in [4.78, 5) is 30.7. The van der Waals surface area contributed by atoms with Crippen LogP contribution >= 0.6 is 11.6 Å². The lowest BCUT2D eigenvalue weighted by atomic mass is 10.2. The predicted molar refractivity (Wildman–Crippen MR) is 117 cm³/mol. The first-order valence-corrected chi connectivity index (χ1v) is 9.89. The first-order chi connectivity index (χ1) is 15.8. The molecule has 0 aliphatic carbocycles. The molecule has 0 saturated heterocycles. The summed E-state index contributed by atoms with van der Waals surface area (Å²) >= 11 is 6.40. The number of aromatic nitrogens is 3. The molecule has 0 bridgehead atoms. The first-order valence-electron chi connectivity index (χ1n) is 9.51. The Kier molecular flexibility index (Phi) is 5.93. The molecule has 33 heavy (non-hydrogen) atoms. The molecular formula is C22H17ClFN3O6. The lowest BCUT2D eigenvalue weighted by Gasteiger charge is -2.16. The largest absolute Gasteiger partial charge is 0.496 e. The molecule has 2 N–H and O–H groups in total. The zero-order valence-corrected chi connectivity index (χ0v) is 18.1. The number of nitrogens with one attached hydrogen (secondary N) is 1. The van der Waals surface area contributed by atoms with E-state index in [0.717, 1.165) is 4.57 Å². The van der Waals surface area contributed by atoms with Crippen LogP contribution in [0.15, 0.2) is 47.3 Å². The number of hydrogen-bond donors (Lipinski definition) is 2. The number of carboxylic acids is 1. The average Bonchev–Trinajstić information content (AvgIpc) is 3.13. The van der Waals surface area contributed by atoms with E-state index in [1.165, 1.54) is 50.6 Å². The molecule has 0 fully saturated rings.